The van der Waals surface area contributed by atoms with E-state index in [-0.39, 0.29) is 17.2 Å². The number of nitro benzene ring substituents is 1. The van der Waals surface area contributed by atoms with E-state index >= 15 is 0 Å². The molecule has 0 unspecified atom stereocenters. The van der Waals surface area contributed by atoms with Gasteiger partial charge in [-0.2, -0.15) is 0 Å². The first-order valence-electron chi connectivity index (χ1n) is 7.11. The maximum Gasteiger partial charge on any atom is 0.339 e. The number of carbonyl (C=O) groups excluding carboxylic acids is 2. The van der Waals surface area contributed by atoms with Crippen molar-refractivity contribution in [3.8, 4) is 0 Å². The highest BCUT2D eigenvalue weighted by atomic mass is 16.6. The van der Waals surface area contributed by atoms with Crippen molar-refractivity contribution in [3.63, 3.8) is 0 Å². The minimum atomic E-state index is -1.08. The van der Waals surface area contributed by atoms with Gasteiger partial charge in [0, 0.05) is 31.8 Å². The molecule has 0 spiro atoms. The first kappa shape index (κ1) is 17.1. The number of nitro groups is 1. The summed E-state index contributed by atoms with van der Waals surface area (Å²) in [7, 11) is 3.13. The van der Waals surface area contributed by atoms with Crippen LogP contribution in [0, 0.1) is 10.1 Å². The molecule has 1 atom stereocenters. The second kappa shape index (κ2) is 7.36. The quantitative estimate of drug-likeness (QED) is 0.478. The third-order valence-electron chi connectivity index (χ3n) is 3.31. The summed E-state index contributed by atoms with van der Waals surface area (Å²) < 4.78 is 5.35. The number of amides is 1. The van der Waals surface area contributed by atoms with Crippen LogP contribution < -0.4 is 0 Å². The van der Waals surface area contributed by atoms with Gasteiger partial charge in [0.1, 0.15) is 0 Å². The number of ether oxygens (including phenoxy) is 1. The van der Waals surface area contributed by atoms with Gasteiger partial charge >= 0.3 is 5.97 Å². The van der Waals surface area contributed by atoms with E-state index in [1.165, 1.54) is 29.2 Å². The second-order valence-corrected chi connectivity index (χ2v) is 5.23. The summed E-state index contributed by atoms with van der Waals surface area (Å²) in [6, 6.07) is 13.7. The molecule has 7 nitrogen and oxygen atoms in total. The largest absolute Gasteiger partial charge is 0.444 e. The molecule has 0 aliphatic carbocycles. The fourth-order valence-corrected chi connectivity index (χ4v) is 2.02. The average molecular weight is 328 g/mol. The predicted molar refractivity (Wildman–Crippen MR) is 86.4 cm³/mol. The molecular weight excluding hydrogens is 312 g/mol. The molecule has 0 aromatic heterocycles. The van der Waals surface area contributed by atoms with Gasteiger partial charge in [-0.1, -0.05) is 30.3 Å². The smallest absolute Gasteiger partial charge is 0.339 e. The van der Waals surface area contributed by atoms with Crippen molar-refractivity contribution in [2.24, 2.45) is 0 Å². The van der Waals surface area contributed by atoms with E-state index in [1.807, 2.05) is 0 Å². The molecule has 0 aliphatic heterocycles. The van der Waals surface area contributed by atoms with Crippen molar-refractivity contribution in [2.45, 2.75) is 6.10 Å². The van der Waals surface area contributed by atoms with Gasteiger partial charge in [-0.05, 0) is 12.1 Å². The Morgan fingerprint density at radius 1 is 1.04 bits per heavy atom. The van der Waals surface area contributed by atoms with Gasteiger partial charge in [0.25, 0.3) is 11.6 Å². The van der Waals surface area contributed by atoms with Crippen LogP contribution in [0.15, 0.2) is 54.6 Å². The Labute approximate surface area is 138 Å². The summed E-state index contributed by atoms with van der Waals surface area (Å²) in [6.07, 6.45) is -1.08. The Bertz CT molecular complexity index is 741. The summed E-state index contributed by atoms with van der Waals surface area (Å²) in [4.78, 5) is 36.0. The second-order valence-electron chi connectivity index (χ2n) is 5.23. The lowest BCUT2D eigenvalue weighted by molar-refractivity contribution is -0.384. The molecule has 0 saturated carbocycles. The number of hydrogen-bond acceptors (Lipinski definition) is 5. The van der Waals surface area contributed by atoms with Crippen molar-refractivity contribution >= 4 is 17.6 Å². The summed E-state index contributed by atoms with van der Waals surface area (Å²) in [5, 5.41) is 10.6. The van der Waals surface area contributed by atoms with Crippen LogP contribution in [0.2, 0.25) is 0 Å². The fourth-order valence-electron chi connectivity index (χ4n) is 2.02. The van der Waals surface area contributed by atoms with Crippen LogP contribution in [0.4, 0.5) is 5.69 Å². The van der Waals surface area contributed by atoms with Crippen molar-refractivity contribution in [3.05, 3.63) is 75.8 Å². The molecule has 0 saturated heterocycles. The zero-order chi connectivity index (χ0) is 17.7. The molecule has 0 radical (unpaired) electrons. The summed E-state index contributed by atoms with van der Waals surface area (Å²) >= 11 is 0. The lowest BCUT2D eigenvalue weighted by Crippen LogP contribution is -2.31. The number of rotatable bonds is 5. The van der Waals surface area contributed by atoms with Gasteiger partial charge in [0.15, 0.2) is 0 Å². The fraction of sp³-hybridized carbons (Fsp3) is 0.176. The van der Waals surface area contributed by atoms with E-state index in [0.717, 1.165) is 0 Å². The van der Waals surface area contributed by atoms with E-state index in [4.69, 9.17) is 4.74 Å². The lowest BCUT2D eigenvalue weighted by atomic mass is 10.1. The van der Waals surface area contributed by atoms with E-state index < -0.39 is 17.0 Å². The molecule has 2 rings (SSSR count). The van der Waals surface area contributed by atoms with E-state index in [1.54, 1.807) is 44.4 Å². The number of hydrogen-bond donors (Lipinski definition) is 0. The summed E-state index contributed by atoms with van der Waals surface area (Å²) in [5.74, 6) is -1.11. The number of nitrogens with zero attached hydrogens (tertiary/aromatic N) is 2. The Morgan fingerprint density at radius 3 is 2.12 bits per heavy atom. The van der Waals surface area contributed by atoms with Gasteiger partial charge in [-0.15, -0.1) is 0 Å². The molecule has 2 aromatic rings. The number of non-ortho nitro benzene ring substituents is 1. The van der Waals surface area contributed by atoms with E-state index in [0.29, 0.717) is 5.56 Å². The Balaban J connectivity index is 2.24. The molecule has 0 aliphatic rings. The van der Waals surface area contributed by atoms with Gasteiger partial charge in [0.2, 0.25) is 6.10 Å². The van der Waals surface area contributed by atoms with E-state index in [2.05, 4.69) is 0 Å². The number of likely N-dealkylation sites (N-methyl/N-ethyl adjacent to an activating group) is 1. The number of esters is 1. The highest BCUT2D eigenvalue weighted by Gasteiger charge is 2.27. The van der Waals surface area contributed by atoms with Crippen molar-refractivity contribution < 1.29 is 19.2 Å². The Hall–Kier alpha value is -3.22. The topological polar surface area (TPSA) is 89.8 Å². The summed E-state index contributed by atoms with van der Waals surface area (Å²) in [6.45, 7) is 0. The van der Waals surface area contributed by atoms with Gasteiger partial charge in [0.05, 0.1) is 10.5 Å². The first-order valence-corrected chi connectivity index (χ1v) is 7.11. The van der Waals surface area contributed by atoms with Crippen LogP contribution >= 0.6 is 0 Å². The molecule has 1 amide bonds. The minimum absolute atomic E-state index is 0.129. The van der Waals surface area contributed by atoms with Crippen LogP contribution in [0.1, 0.15) is 22.0 Å². The molecule has 0 N–H and O–H groups in total. The molecule has 0 fully saturated rings. The minimum Gasteiger partial charge on any atom is -0.444 e. The van der Waals surface area contributed by atoms with Crippen molar-refractivity contribution in [1.29, 1.82) is 0 Å². The van der Waals surface area contributed by atoms with Gasteiger partial charge in [-0.3, -0.25) is 14.9 Å². The standard InChI is InChI=1S/C17H16N2O5/c1-18(2)16(20)15(12-6-4-3-5-7-12)24-17(21)13-8-10-14(11-9-13)19(22)23/h3-11,15H,1-2H3/t15-/m1/s1. The van der Waals surface area contributed by atoms with Gasteiger partial charge in [-0.25, -0.2) is 4.79 Å². The zero-order valence-electron chi connectivity index (χ0n) is 13.2. The lowest BCUT2D eigenvalue weighted by Gasteiger charge is -2.21. The van der Waals surface area contributed by atoms with Crippen molar-refractivity contribution in [2.75, 3.05) is 14.1 Å². The maximum absolute atomic E-state index is 12.3. The third-order valence-corrected chi connectivity index (χ3v) is 3.31. The number of carbonyl (C=O) groups is 2. The molecule has 0 bridgehead atoms. The zero-order valence-corrected chi connectivity index (χ0v) is 13.2. The molecule has 24 heavy (non-hydrogen) atoms. The summed E-state index contributed by atoms with van der Waals surface area (Å²) in [5.41, 5.74) is 0.551. The van der Waals surface area contributed by atoms with Crippen LogP contribution in [-0.2, 0) is 9.53 Å². The number of benzene rings is 2. The Morgan fingerprint density at radius 2 is 1.62 bits per heavy atom. The maximum atomic E-state index is 12.3. The molecule has 2 aromatic carbocycles. The van der Waals surface area contributed by atoms with Crippen LogP contribution in [0.5, 0.6) is 0 Å². The Kier molecular flexibility index (Phi) is 5.26. The molecular formula is C17H16N2O5. The van der Waals surface area contributed by atoms with Crippen LogP contribution in [0.25, 0.3) is 0 Å². The highest BCUT2D eigenvalue weighted by molar-refractivity contribution is 5.92. The first-order chi connectivity index (χ1) is 11.4. The van der Waals surface area contributed by atoms with Crippen molar-refractivity contribution in [1.82, 2.24) is 4.90 Å². The molecule has 0 heterocycles. The predicted octanol–water partition coefficient (Wildman–Crippen LogP) is 2.58. The average Bonchev–Trinajstić information content (AvgIpc) is 2.59. The normalized spacial score (nSPS) is 11.4. The third kappa shape index (κ3) is 3.95. The molecule has 124 valence electrons. The van der Waals surface area contributed by atoms with Gasteiger partial charge < -0.3 is 9.64 Å². The van der Waals surface area contributed by atoms with Crippen LogP contribution in [-0.4, -0.2) is 35.8 Å². The monoisotopic (exact) mass is 328 g/mol. The molecule has 7 heteroatoms. The van der Waals surface area contributed by atoms with E-state index in [9.17, 15) is 19.7 Å². The van der Waals surface area contributed by atoms with Crippen LogP contribution in [0.3, 0.4) is 0 Å². The SMILES string of the molecule is CN(C)C(=O)[C@H](OC(=O)c1ccc([N+](=O)[O-])cc1)c1ccccc1. The highest BCUT2D eigenvalue weighted by Crippen LogP contribution is 2.22.